The second kappa shape index (κ2) is 11.5. The van der Waals surface area contributed by atoms with Gasteiger partial charge in [-0.05, 0) is 70.3 Å². The highest BCUT2D eigenvalue weighted by molar-refractivity contribution is 5.84. The Morgan fingerprint density at radius 1 is 0.795 bits per heavy atom. The van der Waals surface area contributed by atoms with Crippen molar-refractivity contribution in [2.45, 2.75) is 65.7 Å². The van der Waals surface area contributed by atoms with E-state index in [4.69, 9.17) is 9.72 Å². The van der Waals surface area contributed by atoms with E-state index < -0.39 is 0 Å². The van der Waals surface area contributed by atoms with Crippen molar-refractivity contribution in [3.8, 4) is 34.3 Å². The Morgan fingerprint density at radius 3 is 2.16 bits per heavy atom. The maximum absolute atomic E-state index is 6.62. The van der Waals surface area contributed by atoms with E-state index >= 15 is 0 Å². The fourth-order valence-corrected chi connectivity index (χ4v) is 5.81. The minimum Gasteiger partial charge on any atom is -0.458 e. The fourth-order valence-electron chi connectivity index (χ4n) is 5.81. The van der Waals surface area contributed by atoms with Crippen LogP contribution >= 0.6 is 0 Å². The van der Waals surface area contributed by atoms with Crippen LogP contribution in [0.5, 0.6) is 11.5 Å². The lowest BCUT2D eigenvalue weighted by Gasteiger charge is -2.23. The third kappa shape index (κ3) is 5.67. The summed E-state index contributed by atoms with van der Waals surface area (Å²) in [7, 11) is 1.98. The van der Waals surface area contributed by atoms with Crippen molar-refractivity contribution in [1.82, 2.24) is 14.1 Å². The molecule has 0 bridgehead atoms. The molecule has 0 unspecified atom stereocenters. The van der Waals surface area contributed by atoms with Crippen LogP contribution < -0.4 is 9.30 Å². The molecule has 5 nitrogen and oxygen atoms in total. The largest absolute Gasteiger partial charge is 0.458 e. The molecule has 0 N–H and O–H groups in total. The number of fused-ring (bicyclic) bond motifs is 1. The predicted molar refractivity (Wildman–Crippen MR) is 179 cm³/mol. The summed E-state index contributed by atoms with van der Waals surface area (Å²) in [5.41, 5.74) is 9.09. The molecule has 4 aromatic carbocycles. The summed E-state index contributed by atoms with van der Waals surface area (Å²) in [6.07, 6.45) is 7.32. The topological polar surface area (TPSA) is 35.9 Å². The molecule has 224 valence electrons. The maximum atomic E-state index is 6.62. The zero-order valence-electron chi connectivity index (χ0n) is 27.1. The average Bonchev–Trinajstić information content (AvgIpc) is 3.60. The summed E-state index contributed by atoms with van der Waals surface area (Å²) in [6, 6.07) is 29.9. The number of hydrogen-bond donors (Lipinski definition) is 0. The van der Waals surface area contributed by atoms with Crippen LogP contribution in [0.4, 0.5) is 0 Å². The van der Waals surface area contributed by atoms with Gasteiger partial charge in [-0.25, -0.2) is 4.98 Å². The molecule has 0 aliphatic heterocycles. The van der Waals surface area contributed by atoms with E-state index in [2.05, 4.69) is 138 Å². The van der Waals surface area contributed by atoms with Gasteiger partial charge in [0, 0.05) is 18.0 Å². The molecule has 2 aromatic heterocycles. The van der Waals surface area contributed by atoms with Crippen molar-refractivity contribution < 1.29 is 9.30 Å². The smallest absolute Gasteiger partial charge is 0.243 e. The number of para-hydroxylation sites is 3. The maximum Gasteiger partial charge on any atom is 0.243 e. The van der Waals surface area contributed by atoms with Gasteiger partial charge >= 0.3 is 0 Å². The van der Waals surface area contributed by atoms with Crippen molar-refractivity contribution in [2.75, 3.05) is 0 Å². The summed E-state index contributed by atoms with van der Waals surface area (Å²) in [5, 5.41) is 0. The Bertz CT molecular complexity index is 1920. The molecule has 0 amide bonds. The quantitative estimate of drug-likeness (QED) is 0.139. The molecule has 44 heavy (non-hydrogen) atoms. The lowest BCUT2D eigenvalue weighted by Crippen LogP contribution is -2.29. The van der Waals surface area contributed by atoms with Gasteiger partial charge in [0.1, 0.15) is 17.3 Å². The molecule has 0 radical (unpaired) electrons. The number of benzene rings is 4. The molecule has 0 atom stereocenters. The lowest BCUT2D eigenvalue weighted by atomic mass is 9.86. The zero-order chi connectivity index (χ0) is 31.2. The van der Waals surface area contributed by atoms with Crippen molar-refractivity contribution in [2.24, 2.45) is 7.05 Å². The molecule has 6 aromatic rings. The van der Waals surface area contributed by atoms with Crippen LogP contribution in [-0.2, 0) is 12.5 Å². The van der Waals surface area contributed by atoms with E-state index in [0.29, 0.717) is 11.8 Å². The Labute approximate surface area is 261 Å². The lowest BCUT2D eigenvalue weighted by molar-refractivity contribution is -0.599. The number of rotatable bonds is 7. The highest BCUT2D eigenvalue weighted by Gasteiger charge is 2.22. The SMILES string of the molecule is CC(C)c1cccc(C(C)C)c1-n1c(-c2cccc(Oc3cc(-[n+]4[c-]n(C)cc4)cc(C(C)(C)C)c3)c2)nc2ccccc21. The number of hydrogen-bond acceptors (Lipinski definition) is 2. The van der Waals surface area contributed by atoms with Gasteiger partial charge in [-0.1, -0.05) is 97.0 Å². The number of nitrogens with zero attached hydrogens (tertiary/aromatic N) is 4. The minimum atomic E-state index is -0.0475. The fraction of sp³-hybridized carbons (Fsp3) is 0.282. The molecule has 0 saturated heterocycles. The standard InChI is InChI=1S/C39H42N4O/c1-26(2)33-15-12-16-34(27(3)4)37(33)43-36-18-10-9-17-35(36)40-38(43)28-13-11-14-31(21-28)44-32-23-29(39(5,6)7)22-30(24-32)42-20-19-41(8)25-42/h9-24,26-27H,1-8H3. The van der Waals surface area contributed by atoms with Crippen molar-refractivity contribution in [1.29, 1.82) is 0 Å². The Balaban J connectivity index is 1.49. The molecule has 2 heterocycles. The molecule has 6 rings (SSSR count). The first-order valence-electron chi connectivity index (χ1n) is 15.5. The number of aromatic nitrogens is 4. The van der Waals surface area contributed by atoms with Crippen molar-refractivity contribution in [3.63, 3.8) is 0 Å². The van der Waals surface area contributed by atoms with Gasteiger partial charge in [0.2, 0.25) is 6.33 Å². The first kappa shape index (κ1) is 29.4. The van der Waals surface area contributed by atoms with Crippen molar-refractivity contribution >= 4 is 11.0 Å². The summed E-state index contributed by atoms with van der Waals surface area (Å²) in [4.78, 5) is 5.21. The molecule has 0 spiro atoms. The molecule has 0 aliphatic carbocycles. The summed E-state index contributed by atoms with van der Waals surface area (Å²) < 4.78 is 12.9. The molecule has 0 saturated carbocycles. The van der Waals surface area contributed by atoms with E-state index in [1.807, 2.05) is 34.6 Å². The van der Waals surface area contributed by atoms with Gasteiger partial charge in [-0.2, -0.15) is 0 Å². The summed E-state index contributed by atoms with van der Waals surface area (Å²) >= 11 is 0. The molecule has 5 heteroatoms. The van der Waals surface area contributed by atoms with E-state index in [0.717, 1.165) is 39.6 Å². The van der Waals surface area contributed by atoms with Crippen LogP contribution in [-0.4, -0.2) is 14.1 Å². The second-order valence-electron chi connectivity index (χ2n) is 13.3. The van der Waals surface area contributed by atoms with Crippen LogP contribution in [0.15, 0.2) is 97.3 Å². The monoisotopic (exact) mass is 582 g/mol. The predicted octanol–water partition coefficient (Wildman–Crippen LogP) is 9.44. The molecule has 0 fully saturated rings. The minimum absolute atomic E-state index is 0.0475. The number of aryl methyl sites for hydroxylation is 1. The van der Waals surface area contributed by atoms with E-state index in [-0.39, 0.29) is 5.41 Å². The highest BCUT2D eigenvalue weighted by atomic mass is 16.5. The van der Waals surface area contributed by atoms with E-state index in [1.165, 1.54) is 22.4 Å². The van der Waals surface area contributed by atoms with Crippen LogP contribution in [0.25, 0.3) is 33.8 Å². The molecular weight excluding hydrogens is 540 g/mol. The number of imidazole rings is 2. The Hall–Kier alpha value is -4.64. The van der Waals surface area contributed by atoms with Gasteiger partial charge in [0.25, 0.3) is 0 Å². The van der Waals surface area contributed by atoms with Gasteiger partial charge in [-0.3, -0.25) is 4.57 Å². The van der Waals surface area contributed by atoms with Crippen LogP contribution in [0.3, 0.4) is 0 Å². The third-order valence-electron chi connectivity index (χ3n) is 8.20. The first-order chi connectivity index (χ1) is 21.0. The van der Waals surface area contributed by atoms with Crippen LogP contribution in [0.2, 0.25) is 0 Å². The summed E-state index contributed by atoms with van der Waals surface area (Å²) in [6.45, 7) is 15.7. The summed E-state index contributed by atoms with van der Waals surface area (Å²) in [5.74, 6) is 3.18. The van der Waals surface area contributed by atoms with E-state index in [1.54, 1.807) is 0 Å². The first-order valence-corrected chi connectivity index (χ1v) is 15.5. The zero-order valence-corrected chi connectivity index (χ0v) is 27.1. The Morgan fingerprint density at radius 2 is 1.50 bits per heavy atom. The average molecular weight is 583 g/mol. The van der Waals surface area contributed by atoms with E-state index in [9.17, 15) is 0 Å². The molecule has 0 aliphatic rings. The molecular formula is C39H42N4O. The van der Waals surface area contributed by atoms with Crippen LogP contribution in [0.1, 0.15) is 77.0 Å². The normalized spacial score (nSPS) is 12.0. The number of ether oxygens (including phenoxy) is 1. The van der Waals surface area contributed by atoms with Gasteiger partial charge < -0.3 is 13.9 Å². The highest BCUT2D eigenvalue weighted by Crippen LogP contribution is 2.38. The third-order valence-corrected chi connectivity index (χ3v) is 8.20. The Kier molecular flexibility index (Phi) is 7.66. The van der Waals surface area contributed by atoms with Gasteiger partial charge in [0.15, 0.2) is 0 Å². The van der Waals surface area contributed by atoms with Gasteiger partial charge in [0.05, 0.1) is 29.5 Å². The van der Waals surface area contributed by atoms with Crippen molar-refractivity contribution in [3.05, 3.63) is 120 Å². The van der Waals surface area contributed by atoms with Gasteiger partial charge in [-0.15, -0.1) is 0 Å². The second-order valence-corrected chi connectivity index (χ2v) is 13.3. The van der Waals surface area contributed by atoms with Crippen LogP contribution in [0, 0.1) is 6.33 Å².